The van der Waals surface area contributed by atoms with Crippen LogP contribution in [0.4, 0.5) is 5.69 Å². The Morgan fingerprint density at radius 1 is 1.30 bits per heavy atom. The van der Waals surface area contributed by atoms with Crippen LogP contribution in [0.1, 0.15) is 15.9 Å². The number of hydrogen-bond donors (Lipinski definition) is 1. The predicted octanol–water partition coefficient (Wildman–Crippen LogP) is 3.58. The number of carbonyl (C=O) groups excluding carboxylic acids is 1. The molecule has 0 aliphatic heterocycles. The van der Waals surface area contributed by atoms with E-state index in [0.29, 0.717) is 22.6 Å². The zero-order valence-electron chi connectivity index (χ0n) is 10.7. The molecule has 20 heavy (non-hydrogen) atoms. The van der Waals surface area contributed by atoms with Crippen LogP contribution in [-0.2, 0) is 0 Å². The van der Waals surface area contributed by atoms with Gasteiger partial charge in [0.2, 0.25) is 0 Å². The second-order valence-corrected chi connectivity index (χ2v) is 4.94. The third kappa shape index (κ3) is 3.37. The molecule has 2 rings (SSSR count). The molecule has 0 saturated heterocycles. The molecule has 0 radical (unpaired) electrons. The van der Waals surface area contributed by atoms with E-state index in [0.717, 1.165) is 4.47 Å². The van der Waals surface area contributed by atoms with Crippen molar-refractivity contribution in [2.45, 2.75) is 0 Å². The van der Waals surface area contributed by atoms with Crippen LogP contribution in [0.5, 0.6) is 5.75 Å². The average molecular weight is 331 g/mol. The van der Waals surface area contributed by atoms with E-state index in [9.17, 15) is 4.79 Å². The summed E-state index contributed by atoms with van der Waals surface area (Å²) in [6.07, 6.45) is 0. The predicted molar refractivity (Wildman–Crippen MR) is 79.8 cm³/mol. The first kappa shape index (κ1) is 14.1. The standard InChI is InChI=1S/C15H11BrN2O2/c1-20-14-7-12(16)6-13(8-14)18-15(19)11-4-2-3-10(5-11)9-17/h2-8H,1H3,(H,18,19). The van der Waals surface area contributed by atoms with Gasteiger partial charge in [-0.15, -0.1) is 0 Å². The Labute approximate surface area is 125 Å². The van der Waals surface area contributed by atoms with Crippen LogP contribution in [0, 0.1) is 11.3 Å². The number of hydrogen-bond acceptors (Lipinski definition) is 3. The highest BCUT2D eigenvalue weighted by molar-refractivity contribution is 9.10. The van der Waals surface area contributed by atoms with Gasteiger partial charge in [0.05, 0.1) is 18.7 Å². The monoisotopic (exact) mass is 330 g/mol. The number of anilines is 1. The maximum Gasteiger partial charge on any atom is 0.255 e. The highest BCUT2D eigenvalue weighted by Gasteiger charge is 2.08. The minimum absolute atomic E-state index is 0.276. The van der Waals surface area contributed by atoms with Gasteiger partial charge in [-0.1, -0.05) is 22.0 Å². The van der Waals surface area contributed by atoms with Crippen molar-refractivity contribution in [1.82, 2.24) is 0 Å². The van der Waals surface area contributed by atoms with E-state index in [2.05, 4.69) is 21.2 Å². The quantitative estimate of drug-likeness (QED) is 0.935. The average Bonchev–Trinajstić information content (AvgIpc) is 2.46. The molecule has 0 saturated carbocycles. The summed E-state index contributed by atoms with van der Waals surface area (Å²) in [5.41, 5.74) is 1.50. The molecular formula is C15H11BrN2O2. The third-order valence-corrected chi connectivity index (χ3v) is 3.08. The SMILES string of the molecule is COc1cc(Br)cc(NC(=O)c2cccc(C#N)c2)c1. The number of nitrogens with zero attached hydrogens (tertiary/aromatic N) is 1. The highest BCUT2D eigenvalue weighted by atomic mass is 79.9. The lowest BCUT2D eigenvalue weighted by molar-refractivity contribution is 0.102. The van der Waals surface area contributed by atoms with Crippen LogP contribution in [0.2, 0.25) is 0 Å². The van der Waals surface area contributed by atoms with Crippen LogP contribution < -0.4 is 10.1 Å². The van der Waals surface area contributed by atoms with Crippen molar-refractivity contribution in [2.75, 3.05) is 12.4 Å². The van der Waals surface area contributed by atoms with Gasteiger partial charge < -0.3 is 10.1 Å². The van der Waals surface area contributed by atoms with Crippen molar-refractivity contribution in [3.63, 3.8) is 0 Å². The fraction of sp³-hybridized carbons (Fsp3) is 0.0667. The van der Waals surface area contributed by atoms with E-state index in [1.807, 2.05) is 6.07 Å². The number of ether oxygens (including phenoxy) is 1. The Morgan fingerprint density at radius 2 is 2.10 bits per heavy atom. The first-order chi connectivity index (χ1) is 9.62. The zero-order chi connectivity index (χ0) is 14.5. The lowest BCUT2D eigenvalue weighted by Gasteiger charge is -2.08. The van der Waals surface area contributed by atoms with Crippen LogP contribution in [-0.4, -0.2) is 13.0 Å². The van der Waals surface area contributed by atoms with Gasteiger partial charge in [0.1, 0.15) is 5.75 Å². The van der Waals surface area contributed by atoms with E-state index in [4.69, 9.17) is 10.00 Å². The topological polar surface area (TPSA) is 62.1 Å². The molecule has 5 heteroatoms. The summed E-state index contributed by atoms with van der Waals surface area (Å²) in [6, 6.07) is 13.8. The van der Waals surface area contributed by atoms with Crippen molar-refractivity contribution in [1.29, 1.82) is 5.26 Å². The van der Waals surface area contributed by atoms with Gasteiger partial charge in [0.15, 0.2) is 0 Å². The van der Waals surface area contributed by atoms with Crippen molar-refractivity contribution in [3.8, 4) is 11.8 Å². The molecule has 0 atom stereocenters. The lowest BCUT2D eigenvalue weighted by atomic mass is 10.1. The van der Waals surface area contributed by atoms with Gasteiger partial charge in [0, 0.05) is 21.8 Å². The maximum atomic E-state index is 12.1. The molecule has 1 amide bonds. The summed E-state index contributed by atoms with van der Waals surface area (Å²) in [5, 5.41) is 11.6. The van der Waals surface area contributed by atoms with E-state index in [1.54, 1.807) is 49.6 Å². The minimum Gasteiger partial charge on any atom is -0.497 e. The summed E-state index contributed by atoms with van der Waals surface area (Å²) < 4.78 is 5.94. The number of benzene rings is 2. The van der Waals surface area contributed by atoms with Crippen LogP contribution in [0.3, 0.4) is 0 Å². The Hall–Kier alpha value is -2.32. The van der Waals surface area contributed by atoms with Gasteiger partial charge in [-0.3, -0.25) is 4.79 Å². The summed E-state index contributed by atoms with van der Waals surface area (Å²) in [4.78, 5) is 12.1. The molecule has 0 aliphatic rings. The summed E-state index contributed by atoms with van der Waals surface area (Å²) >= 11 is 3.35. The second kappa shape index (κ2) is 6.22. The van der Waals surface area contributed by atoms with Crippen LogP contribution in [0.15, 0.2) is 46.9 Å². The van der Waals surface area contributed by atoms with E-state index < -0.39 is 0 Å². The number of nitrogens with one attached hydrogen (secondary N) is 1. The first-order valence-corrected chi connectivity index (χ1v) is 6.58. The Bertz CT molecular complexity index is 693. The molecule has 4 nitrogen and oxygen atoms in total. The molecule has 0 aromatic heterocycles. The summed E-state index contributed by atoms with van der Waals surface area (Å²) in [7, 11) is 1.56. The number of amides is 1. The van der Waals surface area contributed by atoms with Gasteiger partial charge in [-0.05, 0) is 30.3 Å². The molecule has 0 aliphatic carbocycles. The maximum absolute atomic E-state index is 12.1. The van der Waals surface area contributed by atoms with Gasteiger partial charge in [-0.2, -0.15) is 5.26 Å². The van der Waals surface area contributed by atoms with Crippen LogP contribution in [0.25, 0.3) is 0 Å². The number of halogens is 1. The fourth-order valence-electron chi connectivity index (χ4n) is 1.69. The van der Waals surface area contributed by atoms with Crippen molar-refractivity contribution in [3.05, 3.63) is 58.1 Å². The number of rotatable bonds is 3. The van der Waals surface area contributed by atoms with Gasteiger partial charge in [-0.25, -0.2) is 0 Å². The number of nitriles is 1. The molecule has 0 heterocycles. The van der Waals surface area contributed by atoms with Crippen molar-refractivity contribution < 1.29 is 9.53 Å². The smallest absolute Gasteiger partial charge is 0.255 e. The third-order valence-electron chi connectivity index (χ3n) is 2.62. The van der Waals surface area contributed by atoms with E-state index in [-0.39, 0.29) is 5.91 Å². The van der Waals surface area contributed by atoms with Crippen molar-refractivity contribution in [2.24, 2.45) is 0 Å². The van der Waals surface area contributed by atoms with Crippen molar-refractivity contribution >= 4 is 27.5 Å². The fourth-order valence-corrected chi connectivity index (χ4v) is 2.16. The normalized spacial score (nSPS) is 9.65. The molecule has 1 N–H and O–H groups in total. The Kier molecular flexibility index (Phi) is 4.38. The molecule has 100 valence electrons. The Balaban J connectivity index is 2.23. The molecule has 2 aromatic rings. The molecular weight excluding hydrogens is 320 g/mol. The minimum atomic E-state index is -0.276. The molecule has 0 unspecified atom stereocenters. The second-order valence-electron chi connectivity index (χ2n) is 4.03. The first-order valence-electron chi connectivity index (χ1n) is 5.78. The zero-order valence-corrected chi connectivity index (χ0v) is 12.3. The van der Waals surface area contributed by atoms with E-state index in [1.165, 1.54) is 0 Å². The van der Waals surface area contributed by atoms with E-state index >= 15 is 0 Å². The Morgan fingerprint density at radius 3 is 2.80 bits per heavy atom. The largest absolute Gasteiger partial charge is 0.497 e. The molecule has 0 spiro atoms. The summed E-state index contributed by atoms with van der Waals surface area (Å²) in [5.74, 6) is 0.364. The number of methoxy groups -OCH3 is 1. The van der Waals surface area contributed by atoms with Gasteiger partial charge >= 0.3 is 0 Å². The van der Waals surface area contributed by atoms with Gasteiger partial charge in [0.25, 0.3) is 5.91 Å². The summed E-state index contributed by atoms with van der Waals surface area (Å²) in [6.45, 7) is 0. The van der Waals surface area contributed by atoms with Crippen LogP contribution >= 0.6 is 15.9 Å². The molecule has 0 fully saturated rings. The lowest BCUT2D eigenvalue weighted by Crippen LogP contribution is -2.12. The molecule has 2 aromatic carbocycles. The molecule has 0 bridgehead atoms. The highest BCUT2D eigenvalue weighted by Crippen LogP contribution is 2.24. The number of carbonyl (C=O) groups is 1.